The van der Waals surface area contributed by atoms with E-state index in [1.165, 1.54) is 7.11 Å². The first-order chi connectivity index (χ1) is 11.5. The number of carbonyl (C=O) groups is 2. The highest BCUT2D eigenvalue weighted by Gasteiger charge is 2.28. The summed E-state index contributed by atoms with van der Waals surface area (Å²) in [4.78, 5) is 23.8. The third kappa shape index (κ3) is 3.03. The molecule has 0 amide bonds. The van der Waals surface area contributed by atoms with E-state index in [-0.39, 0.29) is 11.5 Å². The largest absolute Gasteiger partial charge is 0.479 e. The van der Waals surface area contributed by atoms with Gasteiger partial charge in [0.15, 0.2) is 11.9 Å². The average molecular weight is 328 g/mol. The number of furan rings is 1. The number of esters is 1. The zero-order chi connectivity index (χ0) is 17.3. The predicted molar refractivity (Wildman–Crippen MR) is 84.9 cm³/mol. The summed E-state index contributed by atoms with van der Waals surface area (Å²) in [6, 6.07) is 8.35. The zero-order valence-corrected chi connectivity index (χ0v) is 13.5. The highest BCUT2D eigenvalue weighted by atomic mass is 16.6. The number of methoxy groups -OCH3 is 1. The van der Waals surface area contributed by atoms with Crippen molar-refractivity contribution in [2.45, 2.75) is 20.0 Å². The van der Waals surface area contributed by atoms with Crippen molar-refractivity contribution in [3.8, 4) is 11.5 Å². The van der Waals surface area contributed by atoms with Gasteiger partial charge in [0.2, 0.25) is 5.78 Å². The van der Waals surface area contributed by atoms with Crippen molar-refractivity contribution in [2.24, 2.45) is 0 Å². The molecule has 1 aliphatic heterocycles. The van der Waals surface area contributed by atoms with Gasteiger partial charge in [-0.25, -0.2) is 4.79 Å². The van der Waals surface area contributed by atoms with Crippen molar-refractivity contribution in [1.82, 2.24) is 0 Å². The first-order valence-corrected chi connectivity index (χ1v) is 7.37. The molecule has 0 N–H and O–H groups in total. The zero-order valence-electron chi connectivity index (χ0n) is 13.5. The fourth-order valence-corrected chi connectivity index (χ4v) is 2.32. The first kappa shape index (κ1) is 15.9. The Morgan fingerprint density at radius 3 is 2.71 bits per heavy atom. The Labute approximate surface area is 138 Å². The van der Waals surface area contributed by atoms with Gasteiger partial charge in [-0.15, -0.1) is 0 Å². The summed E-state index contributed by atoms with van der Waals surface area (Å²) in [6.45, 7) is 3.40. The molecule has 6 heteroatoms. The number of ether oxygens (including phenoxy) is 3. The average Bonchev–Trinajstić information content (AvgIpc) is 3.10. The van der Waals surface area contributed by atoms with Gasteiger partial charge in [0.1, 0.15) is 23.0 Å². The lowest BCUT2D eigenvalue weighted by Crippen LogP contribution is -2.24. The minimum Gasteiger partial charge on any atom is -0.479 e. The van der Waals surface area contributed by atoms with E-state index in [9.17, 15) is 9.59 Å². The Morgan fingerprint density at radius 1 is 1.25 bits per heavy atom. The highest BCUT2D eigenvalue weighted by molar-refractivity contribution is 6.14. The second kappa shape index (κ2) is 6.23. The van der Waals surface area contributed by atoms with Crippen molar-refractivity contribution in [2.75, 3.05) is 7.11 Å². The van der Waals surface area contributed by atoms with Crippen molar-refractivity contribution >= 4 is 17.8 Å². The molecular formula is C18H16O6. The lowest BCUT2D eigenvalue weighted by Gasteiger charge is -2.12. The van der Waals surface area contributed by atoms with Crippen LogP contribution < -0.4 is 9.47 Å². The number of allylic oxidation sites excluding steroid dienone is 1. The van der Waals surface area contributed by atoms with Crippen molar-refractivity contribution in [3.63, 3.8) is 0 Å². The first-order valence-electron chi connectivity index (χ1n) is 7.37. The number of hydrogen-bond donors (Lipinski definition) is 0. The maximum Gasteiger partial charge on any atom is 0.346 e. The lowest BCUT2D eigenvalue weighted by molar-refractivity contribution is -0.147. The van der Waals surface area contributed by atoms with E-state index in [1.807, 2.05) is 6.92 Å². The Kier molecular flexibility index (Phi) is 4.12. The Morgan fingerprint density at radius 2 is 2.04 bits per heavy atom. The van der Waals surface area contributed by atoms with E-state index in [4.69, 9.17) is 13.9 Å². The maximum atomic E-state index is 12.3. The van der Waals surface area contributed by atoms with E-state index < -0.39 is 12.1 Å². The molecule has 2 aromatic rings. The van der Waals surface area contributed by atoms with Crippen LogP contribution in [0.1, 0.15) is 28.8 Å². The van der Waals surface area contributed by atoms with E-state index in [0.717, 1.165) is 5.76 Å². The smallest absolute Gasteiger partial charge is 0.346 e. The van der Waals surface area contributed by atoms with Crippen molar-refractivity contribution < 1.29 is 28.2 Å². The van der Waals surface area contributed by atoms with Crippen LogP contribution in [-0.2, 0) is 9.53 Å². The van der Waals surface area contributed by atoms with Crippen LogP contribution in [0.15, 0.2) is 40.5 Å². The van der Waals surface area contributed by atoms with Crippen LogP contribution in [0.25, 0.3) is 6.08 Å². The summed E-state index contributed by atoms with van der Waals surface area (Å²) in [5, 5.41) is 0. The fourth-order valence-electron chi connectivity index (χ4n) is 2.32. The van der Waals surface area contributed by atoms with Gasteiger partial charge < -0.3 is 18.6 Å². The fraction of sp³-hybridized carbons (Fsp3) is 0.222. The molecule has 0 saturated heterocycles. The minimum atomic E-state index is -0.758. The Bertz CT molecular complexity index is 830. The molecule has 24 heavy (non-hydrogen) atoms. The van der Waals surface area contributed by atoms with E-state index in [0.29, 0.717) is 22.8 Å². The summed E-state index contributed by atoms with van der Waals surface area (Å²) < 4.78 is 21.1. The Balaban J connectivity index is 1.81. The molecular weight excluding hydrogens is 312 g/mol. The van der Waals surface area contributed by atoms with E-state index in [1.54, 1.807) is 43.3 Å². The molecule has 0 radical (unpaired) electrons. The Hall–Kier alpha value is -3.02. The van der Waals surface area contributed by atoms with Crippen molar-refractivity contribution in [3.05, 3.63) is 53.2 Å². The number of fused-ring (bicyclic) bond motifs is 1. The maximum absolute atomic E-state index is 12.3. The summed E-state index contributed by atoms with van der Waals surface area (Å²) in [6.07, 6.45) is 0.790. The van der Waals surface area contributed by atoms with Crippen LogP contribution in [0.2, 0.25) is 0 Å². The van der Waals surface area contributed by atoms with Gasteiger partial charge in [-0.1, -0.05) is 0 Å². The minimum absolute atomic E-state index is 0.178. The van der Waals surface area contributed by atoms with Crippen LogP contribution in [0.3, 0.4) is 0 Å². The van der Waals surface area contributed by atoms with E-state index in [2.05, 4.69) is 4.74 Å². The molecule has 1 unspecified atom stereocenters. The quantitative estimate of drug-likeness (QED) is 0.634. The van der Waals surface area contributed by atoms with Crippen LogP contribution in [0.5, 0.6) is 11.5 Å². The van der Waals surface area contributed by atoms with Crippen LogP contribution in [-0.4, -0.2) is 25.0 Å². The lowest BCUT2D eigenvalue weighted by atomic mass is 10.1. The summed E-state index contributed by atoms with van der Waals surface area (Å²) in [5.41, 5.74) is 0.433. The normalized spacial score (nSPS) is 15.8. The standard InChI is InChI=1S/C18H16O6/c1-10-4-5-12(22-10)9-16-17(19)14-7-6-13(8-15(14)24-16)23-11(2)18(20)21-3/h4-9,11H,1-3H3/b16-9-. The molecule has 0 saturated carbocycles. The molecule has 1 aliphatic rings. The van der Waals surface area contributed by atoms with Gasteiger partial charge in [-0.3, -0.25) is 4.79 Å². The predicted octanol–water partition coefficient (Wildman–Crippen LogP) is 3.14. The monoisotopic (exact) mass is 328 g/mol. The second-order valence-corrected chi connectivity index (χ2v) is 5.33. The van der Waals surface area contributed by atoms with Gasteiger partial charge >= 0.3 is 5.97 Å². The van der Waals surface area contributed by atoms with Gasteiger partial charge in [-0.05, 0) is 38.1 Å². The molecule has 124 valence electrons. The molecule has 1 aromatic heterocycles. The van der Waals surface area contributed by atoms with E-state index >= 15 is 0 Å². The number of ketones is 1. The summed E-state index contributed by atoms with van der Waals surface area (Å²) in [5.74, 6) is 1.54. The molecule has 0 spiro atoms. The molecule has 1 aromatic carbocycles. The molecule has 1 atom stereocenters. The molecule has 0 aliphatic carbocycles. The summed E-state index contributed by atoms with van der Waals surface area (Å²) >= 11 is 0. The SMILES string of the molecule is COC(=O)C(C)Oc1ccc2c(c1)O/C(=C\c1ccc(C)o1)C2=O. The van der Waals surface area contributed by atoms with Gasteiger partial charge in [0.25, 0.3) is 0 Å². The van der Waals surface area contributed by atoms with Crippen LogP contribution in [0, 0.1) is 6.92 Å². The van der Waals surface area contributed by atoms with Crippen molar-refractivity contribution in [1.29, 1.82) is 0 Å². The third-order valence-electron chi connectivity index (χ3n) is 3.52. The summed E-state index contributed by atoms with van der Waals surface area (Å²) in [7, 11) is 1.29. The molecule has 2 heterocycles. The number of Topliss-reactive ketones (excluding diaryl/α,β-unsaturated/α-hetero) is 1. The molecule has 0 fully saturated rings. The van der Waals surface area contributed by atoms with Crippen LogP contribution >= 0.6 is 0 Å². The topological polar surface area (TPSA) is 75.0 Å². The highest BCUT2D eigenvalue weighted by Crippen LogP contribution is 2.35. The molecule has 3 rings (SSSR count). The number of rotatable bonds is 4. The van der Waals surface area contributed by atoms with Gasteiger partial charge in [0.05, 0.1) is 12.7 Å². The number of hydrogen-bond acceptors (Lipinski definition) is 6. The molecule has 0 bridgehead atoms. The number of benzene rings is 1. The van der Waals surface area contributed by atoms with Gasteiger partial charge in [-0.2, -0.15) is 0 Å². The number of carbonyl (C=O) groups excluding carboxylic acids is 2. The third-order valence-corrected chi connectivity index (χ3v) is 3.52. The molecule has 6 nitrogen and oxygen atoms in total. The van der Waals surface area contributed by atoms with Gasteiger partial charge in [0, 0.05) is 12.1 Å². The van der Waals surface area contributed by atoms with Crippen LogP contribution in [0.4, 0.5) is 0 Å². The number of aryl methyl sites for hydroxylation is 1. The second-order valence-electron chi connectivity index (χ2n) is 5.33.